The van der Waals surface area contributed by atoms with Gasteiger partial charge in [-0.25, -0.2) is 0 Å². The maximum absolute atomic E-state index is 11.2. The molecule has 0 radical (unpaired) electrons. The number of hydrogen-bond acceptors (Lipinski definition) is 1. The fourth-order valence-electron chi connectivity index (χ4n) is 2.08. The largest absolute Gasteiger partial charge is 0.284 e. The number of fused-ring (bicyclic) bond motifs is 3. The highest BCUT2D eigenvalue weighted by Crippen LogP contribution is 2.29. The molecule has 0 saturated carbocycles. The van der Waals surface area contributed by atoms with Crippen LogP contribution in [0.15, 0.2) is 33.5 Å². The van der Waals surface area contributed by atoms with E-state index < -0.39 is 0 Å². The summed E-state index contributed by atoms with van der Waals surface area (Å²) in [5.74, 6) is 0. The summed E-state index contributed by atoms with van der Waals surface area (Å²) in [7, 11) is 0. The number of aromatic nitrogens is 2. The summed E-state index contributed by atoms with van der Waals surface area (Å²) in [6.45, 7) is 0.848. The number of rotatable bonds is 0. The van der Waals surface area contributed by atoms with Crippen molar-refractivity contribution in [3.05, 3.63) is 44.7 Å². The van der Waals surface area contributed by atoms with Crippen LogP contribution in [0.2, 0.25) is 0 Å². The van der Waals surface area contributed by atoms with Crippen molar-refractivity contribution in [3.63, 3.8) is 0 Å². The first-order valence-corrected chi connectivity index (χ1v) is 5.62. The molecule has 0 amide bonds. The van der Waals surface area contributed by atoms with Crippen LogP contribution in [0, 0.1) is 0 Å². The Kier molecular flexibility index (Phi) is 1.85. The average Bonchev–Trinajstić information content (AvgIpc) is 2.58. The molecule has 1 N–H and O–H groups in total. The lowest BCUT2D eigenvalue weighted by Crippen LogP contribution is -2.13. The molecule has 1 aliphatic heterocycles. The Balaban J connectivity index is 2.29. The van der Waals surface area contributed by atoms with Gasteiger partial charge in [-0.05, 0) is 24.1 Å². The van der Waals surface area contributed by atoms with Crippen molar-refractivity contribution < 1.29 is 0 Å². The monoisotopic (exact) mass is 264 g/mol. The van der Waals surface area contributed by atoms with E-state index in [4.69, 9.17) is 0 Å². The zero-order chi connectivity index (χ0) is 10.4. The smallest absolute Gasteiger partial charge is 0.264 e. The van der Waals surface area contributed by atoms with Crippen molar-refractivity contribution in [2.75, 3.05) is 0 Å². The Hall–Kier alpha value is -1.29. The number of nitrogens with zero attached hydrogens (tertiary/aromatic N) is 1. The zero-order valence-corrected chi connectivity index (χ0v) is 9.54. The van der Waals surface area contributed by atoms with Gasteiger partial charge < -0.3 is 0 Å². The Morgan fingerprint density at radius 2 is 2.20 bits per heavy atom. The molecule has 1 aliphatic rings. The average molecular weight is 265 g/mol. The number of nitrogens with one attached hydrogen (secondary N) is 1. The van der Waals surface area contributed by atoms with Crippen LogP contribution in [0.4, 0.5) is 0 Å². The molecule has 2 heterocycles. The molecule has 0 aliphatic carbocycles. The van der Waals surface area contributed by atoms with E-state index >= 15 is 0 Å². The predicted octanol–water partition coefficient (Wildman–Crippen LogP) is 2.16. The third kappa shape index (κ3) is 1.36. The van der Waals surface area contributed by atoms with Gasteiger partial charge in [-0.15, -0.1) is 0 Å². The maximum Gasteiger partial charge on any atom is 0.264 e. The predicted molar refractivity (Wildman–Crippen MR) is 61.9 cm³/mol. The van der Waals surface area contributed by atoms with E-state index in [-0.39, 0.29) is 5.56 Å². The molecule has 15 heavy (non-hydrogen) atoms. The fourth-order valence-corrected chi connectivity index (χ4v) is 2.49. The van der Waals surface area contributed by atoms with Crippen molar-refractivity contribution in [1.82, 2.24) is 9.78 Å². The van der Waals surface area contributed by atoms with Crippen LogP contribution < -0.4 is 5.56 Å². The van der Waals surface area contributed by atoms with E-state index in [2.05, 4.69) is 33.2 Å². The van der Waals surface area contributed by atoms with Crippen molar-refractivity contribution in [1.29, 1.82) is 0 Å². The van der Waals surface area contributed by atoms with Gasteiger partial charge in [0.05, 0.1) is 5.69 Å². The zero-order valence-electron chi connectivity index (χ0n) is 7.96. The SMILES string of the molecule is O=c1cc2n([nH]1)CCc1cc(Br)ccc1-2. The summed E-state index contributed by atoms with van der Waals surface area (Å²) in [6.07, 6.45) is 0.965. The minimum Gasteiger partial charge on any atom is -0.284 e. The second kappa shape index (κ2) is 3.10. The summed E-state index contributed by atoms with van der Waals surface area (Å²) < 4.78 is 3.01. The highest BCUT2D eigenvalue weighted by atomic mass is 79.9. The van der Waals surface area contributed by atoms with Gasteiger partial charge in [0.2, 0.25) is 0 Å². The van der Waals surface area contributed by atoms with Gasteiger partial charge in [-0.3, -0.25) is 14.6 Å². The summed E-state index contributed by atoms with van der Waals surface area (Å²) in [6, 6.07) is 7.84. The van der Waals surface area contributed by atoms with Crippen LogP contribution in [0.1, 0.15) is 5.56 Å². The van der Waals surface area contributed by atoms with Crippen molar-refractivity contribution >= 4 is 15.9 Å². The van der Waals surface area contributed by atoms with Crippen LogP contribution in [0.5, 0.6) is 0 Å². The maximum atomic E-state index is 11.2. The van der Waals surface area contributed by atoms with Gasteiger partial charge in [-0.1, -0.05) is 22.0 Å². The Morgan fingerprint density at radius 1 is 1.33 bits per heavy atom. The molecule has 0 unspecified atom stereocenters. The van der Waals surface area contributed by atoms with E-state index in [0.717, 1.165) is 28.7 Å². The molecule has 0 bridgehead atoms. The second-order valence-corrected chi connectivity index (χ2v) is 4.62. The fraction of sp³-hybridized carbons (Fsp3) is 0.182. The molecule has 1 aromatic heterocycles. The first-order chi connectivity index (χ1) is 7.24. The summed E-state index contributed by atoms with van der Waals surface area (Å²) in [4.78, 5) is 11.2. The number of H-pyrrole nitrogens is 1. The second-order valence-electron chi connectivity index (χ2n) is 3.71. The third-order valence-corrected chi connectivity index (χ3v) is 3.25. The molecule has 3 rings (SSSR count). The van der Waals surface area contributed by atoms with Crippen molar-refractivity contribution in [3.8, 4) is 11.3 Å². The van der Waals surface area contributed by atoms with Crippen LogP contribution in [-0.4, -0.2) is 9.78 Å². The lowest BCUT2D eigenvalue weighted by atomic mass is 9.99. The Morgan fingerprint density at radius 3 is 3.07 bits per heavy atom. The lowest BCUT2D eigenvalue weighted by Gasteiger charge is -2.18. The number of halogens is 1. The minimum absolute atomic E-state index is 0.0271. The highest BCUT2D eigenvalue weighted by molar-refractivity contribution is 9.10. The Bertz CT molecular complexity index is 583. The molecular formula is C11H9BrN2O. The van der Waals surface area contributed by atoms with E-state index in [0.29, 0.717) is 0 Å². The van der Waals surface area contributed by atoms with Crippen LogP contribution in [0.3, 0.4) is 0 Å². The van der Waals surface area contributed by atoms with Gasteiger partial charge in [-0.2, -0.15) is 0 Å². The topological polar surface area (TPSA) is 37.8 Å². The Labute approximate surface area is 94.8 Å². The number of benzene rings is 1. The van der Waals surface area contributed by atoms with Crippen molar-refractivity contribution in [2.45, 2.75) is 13.0 Å². The van der Waals surface area contributed by atoms with E-state index in [1.807, 2.05) is 10.7 Å². The van der Waals surface area contributed by atoms with Crippen molar-refractivity contribution in [2.24, 2.45) is 0 Å². The number of aryl methyl sites for hydroxylation is 2. The normalized spacial score (nSPS) is 13.4. The summed E-state index contributed by atoms with van der Waals surface area (Å²) >= 11 is 3.46. The molecule has 1 aromatic carbocycles. The van der Waals surface area contributed by atoms with Gasteiger partial charge in [0.15, 0.2) is 0 Å². The lowest BCUT2D eigenvalue weighted by molar-refractivity contribution is 0.602. The van der Waals surface area contributed by atoms with Crippen LogP contribution >= 0.6 is 15.9 Å². The molecular weight excluding hydrogens is 256 g/mol. The molecule has 2 aromatic rings. The first kappa shape index (κ1) is 8.97. The van der Waals surface area contributed by atoms with Crippen LogP contribution in [0.25, 0.3) is 11.3 Å². The van der Waals surface area contributed by atoms with E-state index in [1.165, 1.54) is 5.56 Å². The molecule has 3 nitrogen and oxygen atoms in total. The standard InChI is InChI=1S/C11H9BrN2O/c12-8-1-2-9-7(5-8)3-4-14-10(9)6-11(15)13-14/h1-2,5-6H,3-4H2,(H,13,15). The summed E-state index contributed by atoms with van der Waals surface area (Å²) in [5, 5.41) is 2.80. The molecule has 0 fully saturated rings. The van der Waals surface area contributed by atoms with Crippen LogP contribution in [-0.2, 0) is 13.0 Å². The molecule has 4 heteroatoms. The number of aromatic amines is 1. The van der Waals surface area contributed by atoms with Gasteiger partial charge in [0, 0.05) is 22.6 Å². The van der Waals surface area contributed by atoms with Gasteiger partial charge >= 0.3 is 0 Å². The quantitative estimate of drug-likeness (QED) is 0.778. The number of hydrogen-bond donors (Lipinski definition) is 1. The van der Waals surface area contributed by atoms with E-state index in [9.17, 15) is 4.79 Å². The molecule has 0 atom stereocenters. The van der Waals surface area contributed by atoms with Gasteiger partial charge in [0.1, 0.15) is 0 Å². The van der Waals surface area contributed by atoms with Gasteiger partial charge in [0.25, 0.3) is 5.56 Å². The minimum atomic E-state index is -0.0271. The molecule has 76 valence electrons. The highest BCUT2D eigenvalue weighted by Gasteiger charge is 2.16. The first-order valence-electron chi connectivity index (χ1n) is 4.83. The molecule has 0 saturated heterocycles. The summed E-state index contributed by atoms with van der Waals surface area (Å²) in [5.41, 5.74) is 3.42. The third-order valence-electron chi connectivity index (χ3n) is 2.75. The van der Waals surface area contributed by atoms with E-state index in [1.54, 1.807) is 6.07 Å². The molecule has 0 spiro atoms.